The molecule has 6 heteroatoms. The molecule has 1 amide bonds. The van der Waals surface area contributed by atoms with Crippen molar-refractivity contribution in [3.8, 4) is 0 Å². The molecule has 36 heavy (non-hydrogen) atoms. The highest BCUT2D eigenvalue weighted by molar-refractivity contribution is 6.51. The van der Waals surface area contributed by atoms with Crippen LogP contribution < -0.4 is 4.90 Å². The smallest absolute Gasteiger partial charge is 0.338 e. The van der Waals surface area contributed by atoms with E-state index in [1.54, 1.807) is 36.4 Å². The molecule has 0 saturated carbocycles. The second kappa shape index (κ2) is 10.2. The second-order valence-corrected chi connectivity index (χ2v) is 9.07. The van der Waals surface area contributed by atoms with Crippen molar-refractivity contribution < 1.29 is 24.2 Å². The molecule has 184 valence electrons. The summed E-state index contributed by atoms with van der Waals surface area (Å²) in [4.78, 5) is 40.6. The first-order valence-corrected chi connectivity index (χ1v) is 11.9. The lowest BCUT2D eigenvalue weighted by molar-refractivity contribution is -0.132. The Hall–Kier alpha value is -4.19. The highest BCUT2D eigenvalue weighted by Gasteiger charge is 2.47. The SMILES string of the molecule is CCCOC(=O)c1cccc(N2C(=O)C(=O)/C(=C(/O)c3ccc(C)c(C)c3)C2c2cccc(C)c2)c1. The Bertz CT molecular complexity index is 1390. The van der Waals surface area contributed by atoms with E-state index in [0.717, 1.165) is 16.7 Å². The molecule has 1 aliphatic heterocycles. The van der Waals surface area contributed by atoms with Crippen LogP contribution in [0.1, 0.15) is 57.6 Å². The normalized spacial score (nSPS) is 16.9. The van der Waals surface area contributed by atoms with Crippen molar-refractivity contribution in [3.63, 3.8) is 0 Å². The minimum Gasteiger partial charge on any atom is -0.507 e. The fraction of sp³-hybridized carbons (Fsp3) is 0.233. The van der Waals surface area contributed by atoms with Gasteiger partial charge in [-0.25, -0.2) is 4.79 Å². The molecule has 0 bridgehead atoms. The van der Waals surface area contributed by atoms with Gasteiger partial charge in [0.2, 0.25) is 0 Å². The van der Waals surface area contributed by atoms with Gasteiger partial charge in [0.25, 0.3) is 11.7 Å². The van der Waals surface area contributed by atoms with E-state index < -0.39 is 23.7 Å². The highest BCUT2D eigenvalue weighted by Crippen LogP contribution is 2.42. The largest absolute Gasteiger partial charge is 0.507 e. The topological polar surface area (TPSA) is 83.9 Å². The van der Waals surface area contributed by atoms with Gasteiger partial charge in [-0.15, -0.1) is 0 Å². The Morgan fingerprint density at radius 3 is 2.36 bits per heavy atom. The first kappa shape index (κ1) is 24.9. The lowest BCUT2D eigenvalue weighted by Gasteiger charge is -2.26. The van der Waals surface area contributed by atoms with Crippen LogP contribution in [-0.2, 0) is 14.3 Å². The van der Waals surface area contributed by atoms with Crippen molar-refractivity contribution in [2.75, 3.05) is 11.5 Å². The number of amides is 1. The number of ether oxygens (including phenoxy) is 1. The molecule has 1 N–H and O–H groups in total. The Morgan fingerprint density at radius 1 is 0.917 bits per heavy atom. The number of anilines is 1. The Morgan fingerprint density at radius 2 is 1.67 bits per heavy atom. The van der Waals surface area contributed by atoms with Crippen molar-refractivity contribution in [2.45, 2.75) is 40.2 Å². The van der Waals surface area contributed by atoms with Crippen LogP contribution in [0.4, 0.5) is 5.69 Å². The number of benzene rings is 3. The Kier molecular flexibility index (Phi) is 7.06. The first-order valence-electron chi connectivity index (χ1n) is 11.9. The van der Waals surface area contributed by atoms with Crippen LogP contribution in [0.25, 0.3) is 5.76 Å². The molecule has 3 aromatic rings. The van der Waals surface area contributed by atoms with Crippen molar-refractivity contribution in [2.24, 2.45) is 0 Å². The number of rotatable bonds is 6. The quantitative estimate of drug-likeness (QED) is 0.207. The zero-order valence-electron chi connectivity index (χ0n) is 20.9. The van der Waals surface area contributed by atoms with Gasteiger partial charge in [-0.3, -0.25) is 14.5 Å². The van der Waals surface area contributed by atoms with Gasteiger partial charge in [-0.05, 0) is 68.1 Å². The maximum absolute atomic E-state index is 13.4. The summed E-state index contributed by atoms with van der Waals surface area (Å²) in [5, 5.41) is 11.3. The molecule has 0 aromatic heterocycles. The lowest BCUT2D eigenvalue weighted by atomic mass is 9.93. The maximum atomic E-state index is 13.4. The lowest BCUT2D eigenvalue weighted by Crippen LogP contribution is -2.29. The van der Waals surface area contributed by atoms with E-state index in [1.165, 1.54) is 4.90 Å². The minimum atomic E-state index is -0.867. The molecule has 6 nitrogen and oxygen atoms in total. The van der Waals surface area contributed by atoms with E-state index in [2.05, 4.69) is 0 Å². The number of aliphatic hydroxyl groups is 1. The van der Waals surface area contributed by atoms with Crippen molar-refractivity contribution in [1.82, 2.24) is 0 Å². The zero-order valence-corrected chi connectivity index (χ0v) is 20.9. The fourth-order valence-electron chi connectivity index (χ4n) is 4.36. The van der Waals surface area contributed by atoms with Gasteiger partial charge < -0.3 is 9.84 Å². The number of Topliss-reactive ketones (excluding diaryl/α,β-unsaturated/α-hetero) is 1. The molecule has 1 saturated heterocycles. The van der Waals surface area contributed by atoms with Gasteiger partial charge in [-0.1, -0.05) is 55.0 Å². The molecule has 1 atom stereocenters. The van der Waals surface area contributed by atoms with Crippen LogP contribution in [0.2, 0.25) is 0 Å². The highest BCUT2D eigenvalue weighted by atomic mass is 16.5. The monoisotopic (exact) mass is 483 g/mol. The van der Waals surface area contributed by atoms with Gasteiger partial charge in [0.1, 0.15) is 5.76 Å². The van der Waals surface area contributed by atoms with Crippen molar-refractivity contribution in [3.05, 3.63) is 106 Å². The van der Waals surface area contributed by atoms with Crippen LogP contribution in [0.15, 0.2) is 72.3 Å². The van der Waals surface area contributed by atoms with Gasteiger partial charge in [0.15, 0.2) is 0 Å². The van der Waals surface area contributed by atoms with Gasteiger partial charge in [0, 0.05) is 11.3 Å². The summed E-state index contributed by atoms with van der Waals surface area (Å²) in [7, 11) is 0. The maximum Gasteiger partial charge on any atom is 0.338 e. The predicted octanol–water partition coefficient (Wildman–Crippen LogP) is 5.80. The number of aliphatic hydroxyl groups excluding tert-OH is 1. The number of aryl methyl sites for hydroxylation is 3. The van der Waals surface area contributed by atoms with E-state index >= 15 is 0 Å². The Balaban J connectivity index is 1.89. The van der Waals surface area contributed by atoms with Crippen LogP contribution in [0, 0.1) is 20.8 Å². The number of nitrogens with zero attached hydrogens (tertiary/aromatic N) is 1. The van der Waals surface area contributed by atoms with Crippen LogP contribution in [0.5, 0.6) is 0 Å². The molecule has 1 heterocycles. The fourth-order valence-corrected chi connectivity index (χ4v) is 4.36. The molecule has 4 rings (SSSR count). The Labute approximate surface area is 210 Å². The summed E-state index contributed by atoms with van der Waals surface area (Å²) < 4.78 is 5.25. The summed E-state index contributed by atoms with van der Waals surface area (Å²) in [6, 6.07) is 18.5. The first-order chi connectivity index (χ1) is 17.2. The van der Waals surface area contributed by atoms with E-state index in [9.17, 15) is 19.5 Å². The van der Waals surface area contributed by atoms with Gasteiger partial charge >= 0.3 is 5.97 Å². The summed E-state index contributed by atoms with van der Waals surface area (Å²) in [6.07, 6.45) is 0.686. The average Bonchev–Trinajstić information content (AvgIpc) is 3.14. The zero-order chi connectivity index (χ0) is 26.0. The number of hydrogen-bond acceptors (Lipinski definition) is 5. The third kappa shape index (κ3) is 4.67. The minimum absolute atomic E-state index is 0.00724. The van der Waals surface area contributed by atoms with Crippen molar-refractivity contribution >= 4 is 29.1 Å². The molecule has 0 aliphatic carbocycles. The molecule has 1 aliphatic rings. The van der Waals surface area contributed by atoms with Crippen LogP contribution in [-0.4, -0.2) is 29.4 Å². The second-order valence-electron chi connectivity index (χ2n) is 9.07. The third-order valence-corrected chi connectivity index (χ3v) is 6.38. The number of ketones is 1. The molecule has 0 spiro atoms. The summed E-state index contributed by atoms with van der Waals surface area (Å²) in [6.45, 7) is 7.99. The molecular formula is C30H29NO5. The van der Waals surface area contributed by atoms with E-state index in [1.807, 2.05) is 58.0 Å². The average molecular weight is 484 g/mol. The van der Waals surface area contributed by atoms with Crippen molar-refractivity contribution in [1.29, 1.82) is 0 Å². The van der Waals surface area contributed by atoms with Gasteiger partial charge in [0.05, 0.1) is 23.8 Å². The van der Waals surface area contributed by atoms with Gasteiger partial charge in [-0.2, -0.15) is 0 Å². The molecule has 1 unspecified atom stereocenters. The van der Waals surface area contributed by atoms with E-state index in [-0.39, 0.29) is 23.5 Å². The number of esters is 1. The van der Waals surface area contributed by atoms with Crippen LogP contribution in [0.3, 0.4) is 0 Å². The van der Waals surface area contributed by atoms with Crippen LogP contribution >= 0.6 is 0 Å². The number of hydrogen-bond donors (Lipinski definition) is 1. The molecule has 1 fully saturated rings. The molecular weight excluding hydrogens is 454 g/mol. The molecule has 0 radical (unpaired) electrons. The summed E-state index contributed by atoms with van der Waals surface area (Å²) in [5.41, 5.74) is 4.75. The molecule has 3 aromatic carbocycles. The third-order valence-electron chi connectivity index (χ3n) is 6.38. The predicted molar refractivity (Wildman–Crippen MR) is 139 cm³/mol. The van der Waals surface area contributed by atoms with E-state index in [0.29, 0.717) is 23.2 Å². The summed E-state index contributed by atoms with van der Waals surface area (Å²) >= 11 is 0. The standard InChI is InChI=1S/C30H29NO5/c1-5-14-36-30(35)23-10-7-11-24(17-23)31-26(21-9-6-8-18(2)15-21)25(28(33)29(31)34)27(32)22-13-12-19(3)20(4)16-22/h6-13,15-17,26,32H,5,14H2,1-4H3/b27-25+. The number of carbonyl (C=O) groups is 3. The van der Waals surface area contributed by atoms with E-state index in [4.69, 9.17) is 4.74 Å². The summed E-state index contributed by atoms with van der Waals surface area (Å²) in [5.74, 6) is -2.29. The number of carbonyl (C=O) groups excluding carboxylic acids is 3.